The molecule has 0 aliphatic carbocycles. The Morgan fingerprint density at radius 1 is 1.20 bits per heavy atom. The number of rotatable bonds is 10. The van der Waals surface area contributed by atoms with E-state index in [1.165, 1.54) is 0 Å². The van der Waals surface area contributed by atoms with Crippen molar-refractivity contribution in [3.05, 3.63) is 84.5 Å². The number of hydrogen-bond acceptors (Lipinski definition) is 9. The van der Waals surface area contributed by atoms with E-state index in [1.807, 2.05) is 42.6 Å². The van der Waals surface area contributed by atoms with Crippen LogP contribution in [0.5, 0.6) is 0 Å². The van der Waals surface area contributed by atoms with Gasteiger partial charge in [-0.05, 0) is 35.1 Å². The van der Waals surface area contributed by atoms with Crippen LogP contribution < -0.4 is 21.3 Å². The predicted octanol–water partition coefficient (Wildman–Crippen LogP) is 5.10. The summed E-state index contributed by atoms with van der Waals surface area (Å²) in [5.74, 6) is -0.672. The van der Waals surface area contributed by atoms with Crippen LogP contribution in [0.25, 0.3) is 27.7 Å². The van der Waals surface area contributed by atoms with Gasteiger partial charge in [0.2, 0.25) is 11.9 Å². The third kappa shape index (κ3) is 6.63. The van der Waals surface area contributed by atoms with Crippen LogP contribution in [0.2, 0.25) is 0 Å². The third-order valence-corrected chi connectivity index (χ3v) is 8.21. The van der Waals surface area contributed by atoms with Gasteiger partial charge >= 0.3 is 0 Å². The molecule has 1 aliphatic rings. The molecule has 0 spiro atoms. The van der Waals surface area contributed by atoms with E-state index in [0.717, 1.165) is 45.3 Å². The minimum absolute atomic E-state index is 0.222. The Bertz CT molecular complexity index is 1890. The summed E-state index contributed by atoms with van der Waals surface area (Å²) < 4.78 is 21.0. The van der Waals surface area contributed by atoms with Crippen LogP contribution in [0.15, 0.2) is 73.3 Å². The maximum atomic E-state index is 13.2. The van der Waals surface area contributed by atoms with Crippen molar-refractivity contribution in [2.24, 2.45) is 0 Å². The number of benzene rings is 2. The molecule has 1 aliphatic heterocycles. The SMILES string of the molecule is C=C(F)C(=O)Nc1ccc2c(-c3ccccc3CNc3nc(NC[C@]4(P)CNCCO4)nc4c(C(C)C)cnn34)nccc2c1. The summed E-state index contributed by atoms with van der Waals surface area (Å²) in [6, 6.07) is 15.2. The molecule has 1 amide bonds. The largest absolute Gasteiger partial charge is 0.367 e. The molecule has 1 fully saturated rings. The Balaban J connectivity index is 1.30. The fourth-order valence-electron chi connectivity index (χ4n) is 5.26. The fourth-order valence-corrected chi connectivity index (χ4v) is 5.63. The van der Waals surface area contributed by atoms with E-state index in [4.69, 9.17) is 19.7 Å². The predicted molar refractivity (Wildman–Crippen MR) is 178 cm³/mol. The number of amides is 1. The maximum Gasteiger partial charge on any atom is 0.283 e. The molecule has 0 saturated carbocycles. The van der Waals surface area contributed by atoms with Crippen molar-refractivity contribution in [3.8, 4) is 11.3 Å². The lowest BCUT2D eigenvalue weighted by Crippen LogP contribution is -2.49. The first-order chi connectivity index (χ1) is 21.7. The number of ether oxygens (including phenoxy) is 1. The number of pyridine rings is 1. The topological polar surface area (TPSA) is 130 Å². The maximum absolute atomic E-state index is 13.2. The molecule has 2 atom stereocenters. The van der Waals surface area contributed by atoms with E-state index in [0.29, 0.717) is 43.8 Å². The molecular formula is C32H35FN9O2P. The van der Waals surface area contributed by atoms with Crippen LogP contribution in [-0.2, 0) is 16.1 Å². The summed E-state index contributed by atoms with van der Waals surface area (Å²) in [6.45, 7) is 10.4. The molecule has 1 unspecified atom stereocenters. The Hall–Kier alpha value is -4.51. The van der Waals surface area contributed by atoms with Crippen LogP contribution in [-0.4, -0.2) is 62.1 Å². The molecule has 13 heteroatoms. The van der Waals surface area contributed by atoms with Gasteiger partial charge in [0.25, 0.3) is 5.91 Å². The molecule has 2 aromatic carbocycles. The van der Waals surface area contributed by atoms with E-state index >= 15 is 0 Å². The van der Waals surface area contributed by atoms with Gasteiger partial charge in [0.15, 0.2) is 11.5 Å². The normalized spacial score (nSPS) is 16.6. The molecule has 0 bridgehead atoms. The molecule has 6 rings (SSSR count). The Morgan fingerprint density at radius 3 is 2.82 bits per heavy atom. The molecule has 5 aromatic rings. The Kier molecular flexibility index (Phi) is 8.71. The highest BCUT2D eigenvalue weighted by Gasteiger charge is 2.28. The second kappa shape index (κ2) is 12.8. The number of aromatic nitrogens is 5. The summed E-state index contributed by atoms with van der Waals surface area (Å²) in [5.41, 5.74) is 4.92. The lowest BCUT2D eigenvalue weighted by atomic mass is 9.99. The number of nitrogens with zero attached hydrogens (tertiary/aromatic N) is 5. The lowest BCUT2D eigenvalue weighted by molar-refractivity contribution is -0.114. The number of carbonyl (C=O) groups excluding carboxylic acids is 1. The Labute approximate surface area is 262 Å². The van der Waals surface area contributed by atoms with Crippen molar-refractivity contribution >= 4 is 49.2 Å². The summed E-state index contributed by atoms with van der Waals surface area (Å²) >= 11 is 0. The second-order valence-corrected chi connectivity index (χ2v) is 12.3. The Morgan fingerprint density at radius 2 is 2.04 bits per heavy atom. The highest BCUT2D eigenvalue weighted by molar-refractivity contribution is 7.18. The van der Waals surface area contributed by atoms with Crippen molar-refractivity contribution < 1.29 is 13.9 Å². The van der Waals surface area contributed by atoms with E-state index in [9.17, 15) is 9.18 Å². The fraction of sp³-hybridized carbons (Fsp3) is 0.281. The number of anilines is 3. The summed E-state index contributed by atoms with van der Waals surface area (Å²) in [4.78, 5) is 26.1. The first-order valence-electron chi connectivity index (χ1n) is 14.7. The van der Waals surface area contributed by atoms with E-state index in [-0.39, 0.29) is 5.92 Å². The minimum Gasteiger partial charge on any atom is -0.367 e. The van der Waals surface area contributed by atoms with Crippen LogP contribution in [0, 0.1) is 0 Å². The summed E-state index contributed by atoms with van der Waals surface area (Å²) in [6.07, 6.45) is 3.55. The molecule has 232 valence electrons. The van der Waals surface area contributed by atoms with Gasteiger partial charge in [-0.3, -0.25) is 9.78 Å². The average Bonchev–Trinajstić information content (AvgIpc) is 3.47. The number of morpholine rings is 1. The zero-order valence-electron chi connectivity index (χ0n) is 25.1. The molecular weight excluding hydrogens is 592 g/mol. The van der Waals surface area contributed by atoms with Gasteiger partial charge < -0.3 is 26.0 Å². The van der Waals surface area contributed by atoms with E-state index < -0.39 is 17.1 Å². The molecule has 0 radical (unpaired) electrons. The summed E-state index contributed by atoms with van der Waals surface area (Å²) in [5, 5.41) is 18.6. The van der Waals surface area contributed by atoms with Crippen LogP contribution >= 0.6 is 9.24 Å². The smallest absolute Gasteiger partial charge is 0.283 e. The van der Waals surface area contributed by atoms with Crippen LogP contribution in [0.1, 0.15) is 30.9 Å². The van der Waals surface area contributed by atoms with Gasteiger partial charge in [-0.25, -0.2) is 4.39 Å². The number of carbonyl (C=O) groups is 1. The van der Waals surface area contributed by atoms with Gasteiger partial charge in [-0.1, -0.05) is 60.0 Å². The standard InChI is InChI=1S/C32H35FN9O2P/c1-19(2)26-16-38-42-28(26)40-30(37-18-32(45)17-34-12-13-44-32)41-31(42)36-15-22-6-4-5-7-24(22)27-25-9-8-23(39-29(43)20(3)33)14-21(25)10-11-35-27/h4-11,14,16,19,34H,3,12-13,15,17-18,45H2,1-2H3,(H,39,43)(H2,36,37,40,41)/t32-/m1/s1. The van der Waals surface area contributed by atoms with Crippen LogP contribution in [0.3, 0.4) is 0 Å². The first kappa shape index (κ1) is 30.5. The zero-order valence-corrected chi connectivity index (χ0v) is 26.3. The minimum atomic E-state index is -1.05. The molecule has 11 nitrogen and oxygen atoms in total. The van der Waals surface area contributed by atoms with Crippen molar-refractivity contribution in [3.63, 3.8) is 0 Å². The van der Waals surface area contributed by atoms with Crippen molar-refractivity contribution in [2.75, 3.05) is 42.2 Å². The van der Waals surface area contributed by atoms with Gasteiger partial charge in [-0.2, -0.15) is 19.6 Å². The van der Waals surface area contributed by atoms with Crippen LogP contribution in [0.4, 0.5) is 22.0 Å². The average molecular weight is 628 g/mol. The summed E-state index contributed by atoms with van der Waals surface area (Å²) in [7, 11) is 2.79. The monoisotopic (exact) mass is 627 g/mol. The first-order valence-corrected chi connectivity index (χ1v) is 15.3. The van der Waals surface area contributed by atoms with Gasteiger partial charge in [0.05, 0.1) is 25.0 Å². The highest BCUT2D eigenvalue weighted by atomic mass is 31.0. The van der Waals surface area contributed by atoms with E-state index in [2.05, 4.69) is 56.0 Å². The van der Waals surface area contributed by atoms with Gasteiger partial charge in [-0.15, -0.1) is 0 Å². The molecule has 4 N–H and O–H groups in total. The van der Waals surface area contributed by atoms with Crippen molar-refractivity contribution in [1.82, 2.24) is 29.9 Å². The quantitative estimate of drug-likeness (QED) is 0.123. The van der Waals surface area contributed by atoms with Crippen molar-refractivity contribution in [1.29, 1.82) is 0 Å². The molecule has 4 heterocycles. The highest BCUT2D eigenvalue weighted by Crippen LogP contribution is 2.32. The second-order valence-electron chi connectivity index (χ2n) is 11.3. The molecule has 3 aromatic heterocycles. The van der Waals surface area contributed by atoms with E-state index in [1.54, 1.807) is 22.8 Å². The number of hydrogen-bond donors (Lipinski definition) is 4. The zero-order chi connectivity index (χ0) is 31.6. The third-order valence-electron chi connectivity index (χ3n) is 7.63. The number of fused-ring (bicyclic) bond motifs is 2. The van der Waals surface area contributed by atoms with Gasteiger partial charge in [0, 0.05) is 48.0 Å². The number of nitrogens with one attached hydrogen (secondary N) is 4. The van der Waals surface area contributed by atoms with Gasteiger partial charge in [0.1, 0.15) is 5.34 Å². The molecule has 1 saturated heterocycles. The lowest BCUT2D eigenvalue weighted by Gasteiger charge is -2.34. The van der Waals surface area contributed by atoms with Crippen molar-refractivity contribution in [2.45, 2.75) is 31.7 Å². The number of halogens is 1. The molecule has 45 heavy (non-hydrogen) atoms.